The number of carbonyl (C=O) groups is 1. The number of hydrogen-bond acceptors (Lipinski definition) is 3. The molecule has 18 heavy (non-hydrogen) atoms. The fourth-order valence-electron chi connectivity index (χ4n) is 1.57. The lowest BCUT2D eigenvalue weighted by Gasteiger charge is -2.11. The van der Waals surface area contributed by atoms with Gasteiger partial charge in [-0.05, 0) is 30.7 Å². The van der Waals surface area contributed by atoms with Crippen LogP contribution in [0.4, 0.5) is 5.69 Å². The van der Waals surface area contributed by atoms with Gasteiger partial charge < -0.3 is 11.1 Å². The molecular formula is C13H16N4O. The van der Waals surface area contributed by atoms with E-state index in [9.17, 15) is 4.79 Å². The first-order valence-electron chi connectivity index (χ1n) is 5.87. The van der Waals surface area contributed by atoms with Crippen molar-refractivity contribution in [1.82, 2.24) is 9.78 Å². The van der Waals surface area contributed by atoms with E-state index in [1.165, 1.54) is 0 Å². The number of rotatable bonds is 4. The van der Waals surface area contributed by atoms with E-state index < -0.39 is 6.04 Å². The van der Waals surface area contributed by atoms with Crippen LogP contribution in [0.3, 0.4) is 0 Å². The molecule has 3 N–H and O–H groups in total. The molecule has 1 heterocycles. The number of nitrogens with two attached hydrogens (primary N) is 1. The minimum atomic E-state index is -0.474. The third-order valence-electron chi connectivity index (χ3n) is 2.66. The van der Waals surface area contributed by atoms with Gasteiger partial charge in [0, 0.05) is 18.1 Å². The molecule has 5 nitrogen and oxygen atoms in total. The average molecular weight is 244 g/mol. The second-order valence-electron chi connectivity index (χ2n) is 4.00. The molecule has 0 spiro atoms. The van der Waals surface area contributed by atoms with Crippen molar-refractivity contribution < 1.29 is 4.79 Å². The summed E-state index contributed by atoms with van der Waals surface area (Å²) < 4.78 is 1.73. The van der Waals surface area contributed by atoms with Crippen molar-refractivity contribution in [2.75, 3.05) is 5.32 Å². The molecule has 1 unspecified atom stereocenters. The Bertz CT molecular complexity index is 522. The average Bonchev–Trinajstić information content (AvgIpc) is 2.92. The van der Waals surface area contributed by atoms with Gasteiger partial charge in [-0.1, -0.05) is 13.0 Å². The number of amides is 1. The van der Waals surface area contributed by atoms with Crippen molar-refractivity contribution in [3.8, 4) is 5.69 Å². The number of nitrogens with one attached hydrogen (secondary N) is 1. The zero-order valence-corrected chi connectivity index (χ0v) is 10.2. The lowest BCUT2D eigenvalue weighted by atomic mass is 10.2. The van der Waals surface area contributed by atoms with Crippen LogP contribution in [0.5, 0.6) is 0 Å². The summed E-state index contributed by atoms with van der Waals surface area (Å²) in [5, 5.41) is 6.93. The van der Waals surface area contributed by atoms with Gasteiger partial charge in [-0.15, -0.1) is 0 Å². The molecule has 0 fully saturated rings. The van der Waals surface area contributed by atoms with Crippen LogP contribution in [0.2, 0.25) is 0 Å². The minimum Gasteiger partial charge on any atom is -0.325 e. The number of hydrogen-bond donors (Lipinski definition) is 2. The fraction of sp³-hybridized carbons (Fsp3) is 0.231. The molecular weight excluding hydrogens is 228 g/mol. The fourth-order valence-corrected chi connectivity index (χ4v) is 1.57. The highest BCUT2D eigenvalue weighted by atomic mass is 16.2. The summed E-state index contributed by atoms with van der Waals surface area (Å²) in [5.74, 6) is -0.171. The van der Waals surface area contributed by atoms with Crippen LogP contribution in [0.15, 0.2) is 42.7 Å². The molecule has 1 aromatic heterocycles. The van der Waals surface area contributed by atoms with Crippen LogP contribution in [0.25, 0.3) is 5.69 Å². The second kappa shape index (κ2) is 5.46. The monoisotopic (exact) mass is 244 g/mol. The number of nitrogens with zero attached hydrogens (tertiary/aromatic N) is 2. The van der Waals surface area contributed by atoms with Crippen molar-refractivity contribution in [3.63, 3.8) is 0 Å². The van der Waals surface area contributed by atoms with Gasteiger partial charge in [0.1, 0.15) is 0 Å². The quantitative estimate of drug-likeness (QED) is 0.857. The zero-order chi connectivity index (χ0) is 13.0. The van der Waals surface area contributed by atoms with Crippen LogP contribution < -0.4 is 11.1 Å². The number of benzene rings is 1. The Balaban J connectivity index is 2.16. The Kier molecular flexibility index (Phi) is 3.74. The van der Waals surface area contributed by atoms with Gasteiger partial charge in [-0.25, -0.2) is 4.68 Å². The smallest absolute Gasteiger partial charge is 0.241 e. The van der Waals surface area contributed by atoms with Crippen LogP contribution in [0, 0.1) is 0 Å². The van der Waals surface area contributed by atoms with E-state index in [0.717, 1.165) is 11.4 Å². The lowest BCUT2D eigenvalue weighted by Crippen LogP contribution is -2.34. The molecule has 0 saturated heterocycles. The largest absolute Gasteiger partial charge is 0.325 e. The van der Waals surface area contributed by atoms with Crippen molar-refractivity contribution in [3.05, 3.63) is 42.7 Å². The van der Waals surface area contributed by atoms with Crippen LogP contribution in [-0.2, 0) is 4.79 Å². The number of aromatic nitrogens is 2. The topological polar surface area (TPSA) is 72.9 Å². The van der Waals surface area contributed by atoms with Crippen molar-refractivity contribution >= 4 is 11.6 Å². The van der Waals surface area contributed by atoms with Gasteiger partial charge >= 0.3 is 0 Å². The number of anilines is 1. The predicted octanol–water partition coefficient (Wildman–Crippen LogP) is 1.55. The maximum Gasteiger partial charge on any atom is 0.241 e. The Morgan fingerprint density at radius 2 is 2.33 bits per heavy atom. The molecule has 5 heteroatoms. The van der Waals surface area contributed by atoms with E-state index in [4.69, 9.17) is 5.73 Å². The summed E-state index contributed by atoms with van der Waals surface area (Å²) in [6, 6.07) is 8.84. The normalized spacial score (nSPS) is 12.1. The highest BCUT2D eigenvalue weighted by Crippen LogP contribution is 2.14. The molecule has 1 aromatic carbocycles. The van der Waals surface area contributed by atoms with E-state index >= 15 is 0 Å². The molecule has 0 aliphatic carbocycles. The van der Waals surface area contributed by atoms with E-state index in [-0.39, 0.29) is 5.91 Å². The van der Waals surface area contributed by atoms with Crippen molar-refractivity contribution in [2.24, 2.45) is 5.73 Å². The molecule has 0 aliphatic heterocycles. The third-order valence-corrected chi connectivity index (χ3v) is 2.66. The Labute approximate surface area is 106 Å². The second-order valence-corrected chi connectivity index (χ2v) is 4.00. The standard InChI is InChI=1S/C13H16N4O/c1-2-12(14)13(18)16-10-5-3-6-11(9-10)17-8-4-7-15-17/h3-9,12H,2,14H2,1H3,(H,16,18). The van der Waals surface area contributed by atoms with Crippen molar-refractivity contribution in [1.29, 1.82) is 0 Å². The van der Waals surface area contributed by atoms with Gasteiger partial charge in [-0.3, -0.25) is 4.79 Å². The summed E-state index contributed by atoms with van der Waals surface area (Å²) in [5.41, 5.74) is 7.28. The van der Waals surface area contributed by atoms with Gasteiger partial charge in [0.15, 0.2) is 0 Å². The molecule has 0 aliphatic rings. The third kappa shape index (κ3) is 2.75. The lowest BCUT2D eigenvalue weighted by molar-refractivity contribution is -0.117. The zero-order valence-electron chi connectivity index (χ0n) is 10.2. The minimum absolute atomic E-state index is 0.171. The summed E-state index contributed by atoms with van der Waals surface area (Å²) in [6.07, 6.45) is 4.17. The molecule has 1 amide bonds. The van der Waals surface area contributed by atoms with E-state index in [2.05, 4.69) is 10.4 Å². The van der Waals surface area contributed by atoms with Crippen molar-refractivity contribution in [2.45, 2.75) is 19.4 Å². The molecule has 0 bridgehead atoms. The first-order valence-corrected chi connectivity index (χ1v) is 5.87. The summed E-state index contributed by atoms with van der Waals surface area (Å²) in [6.45, 7) is 1.88. The molecule has 2 rings (SSSR count). The first kappa shape index (κ1) is 12.3. The Hall–Kier alpha value is -2.14. The summed E-state index contributed by atoms with van der Waals surface area (Å²) in [4.78, 5) is 11.7. The predicted molar refractivity (Wildman–Crippen MR) is 70.5 cm³/mol. The number of carbonyl (C=O) groups excluding carboxylic acids is 1. The Morgan fingerprint density at radius 1 is 1.50 bits per heavy atom. The first-order chi connectivity index (χ1) is 8.70. The molecule has 2 aromatic rings. The van der Waals surface area contributed by atoms with Crippen LogP contribution in [-0.4, -0.2) is 21.7 Å². The van der Waals surface area contributed by atoms with Gasteiger partial charge in [0.2, 0.25) is 5.91 Å². The van der Waals surface area contributed by atoms with Gasteiger partial charge in [0.05, 0.1) is 11.7 Å². The highest BCUT2D eigenvalue weighted by Gasteiger charge is 2.11. The molecule has 94 valence electrons. The summed E-state index contributed by atoms with van der Waals surface area (Å²) >= 11 is 0. The van der Waals surface area contributed by atoms with E-state index in [1.807, 2.05) is 43.5 Å². The van der Waals surface area contributed by atoms with Crippen LogP contribution in [0.1, 0.15) is 13.3 Å². The van der Waals surface area contributed by atoms with E-state index in [0.29, 0.717) is 6.42 Å². The maximum absolute atomic E-state index is 11.7. The van der Waals surface area contributed by atoms with Gasteiger partial charge in [0.25, 0.3) is 0 Å². The van der Waals surface area contributed by atoms with Gasteiger partial charge in [-0.2, -0.15) is 5.10 Å². The van der Waals surface area contributed by atoms with Crippen LogP contribution >= 0.6 is 0 Å². The highest BCUT2D eigenvalue weighted by molar-refractivity contribution is 5.94. The molecule has 0 saturated carbocycles. The maximum atomic E-state index is 11.7. The molecule has 0 radical (unpaired) electrons. The SMILES string of the molecule is CCC(N)C(=O)Nc1cccc(-n2cccn2)c1. The Morgan fingerprint density at radius 3 is 3.00 bits per heavy atom. The summed E-state index contributed by atoms with van der Waals surface area (Å²) in [7, 11) is 0. The molecule has 1 atom stereocenters. The van der Waals surface area contributed by atoms with E-state index in [1.54, 1.807) is 10.9 Å².